The minimum Gasteiger partial charge on any atom is -0.272 e. The van der Waals surface area contributed by atoms with Crippen LogP contribution in [0.2, 0.25) is 0 Å². The Kier molecular flexibility index (Phi) is 7.46. The summed E-state index contributed by atoms with van der Waals surface area (Å²) in [6.07, 6.45) is 0. The molecule has 4 aromatic rings. The highest BCUT2D eigenvalue weighted by Gasteiger charge is 2.19. The first-order chi connectivity index (χ1) is 16.8. The molecule has 0 aliphatic carbocycles. The van der Waals surface area contributed by atoms with Crippen molar-refractivity contribution in [1.29, 1.82) is 0 Å². The molecule has 4 rings (SSSR count). The van der Waals surface area contributed by atoms with Gasteiger partial charge in [0.1, 0.15) is 0 Å². The number of rotatable bonds is 7. The van der Waals surface area contributed by atoms with Gasteiger partial charge in [0.25, 0.3) is 5.91 Å². The van der Waals surface area contributed by atoms with E-state index in [0.717, 1.165) is 28.4 Å². The molecule has 0 unspecified atom stereocenters. The van der Waals surface area contributed by atoms with E-state index in [1.165, 1.54) is 17.3 Å². The molecule has 178 valence electrons. The first-order valence-corrected chi connectivity index (χ1v) is 12.4. The number of aromatic nitrogens is 3. The van der Waals surface area contributed by atoms with Crippen LogP contribution >= 0.6 is 11.8 Å². The molecule has 0 radical (unpaired) electrons. The fraction of sp³-hybridized carbons (Fsp3) is 0.214. The number of benzene rings is 3. The van der Waals surface area contributed by atoms with E-state index >= 15 is 0 Å². The second-order valence-electron chi connectivity index (χ2n) is 9.19. The summed E-state index contributed by atoms with van der Waals surface area (Å²) in [6, 6.07) is 28.1. The third kappa shape index (κ3) is 6.05. The fourth-order valence-corrected chi connectivity index (χ4v) is 4.28. The van der Waals surface area contributed by atoms with Crippen LogP contribution in [0.4, 0.5) is 0 Å². The SMILES string of the molecule is CC(=NNC(=O)CSc1nnc(-c2ccc(C(C)(C)C)cc2)n1-c1ccccc1)c1ccccc1. The summed E-state index contributed by atoms with van der Waals surface area (Å²) in [5, 5.41) is 13.8. The molecule has 1 aromatic heterocycles. The molecular formula is C28H29N5OS. The van der Waals surface area contributed by atoms with E-state index < -0.39 is 0 Å². The number of hydrogen-bond donors (Lipinski definition) is 1. The highest BCUT2D eigenvalue weighted by atomic mass is 32.2. The van der Waals surface area contributed by atoms with Crippen molar-refractivity contribution in [2.75, 3.05) is 5.75 Å². The van der Waals surface area contributed by atoms with Crippen LogP contribution in [0.3, 0.4) is 0 Å². The maximum atomic E-state index is 12.5. The second kappa shape index (κ2) is 10.7. The van der Waals surface area contributed by atoms with Gasteiger partial charge < -0.3 is 0 Å². The van der Waals surface area contributed by atoms with Crippen LogP contribution in [-0.4, -0.2) is 32.1 Å². The zero-order valence-corrected chi connectivity index (χ0v) is 21.2. The third-order valence-electron chi connectivity index (χ3n) is 5.53. The summed E-state index contributed by atoms with van der Waals surface area (Å²) >= 11 is 1.33. The lowest BCUT2D eigenvalue weighted by atomic mass is 9.87. The van der Waals surface area contributed by atoms with E-state index in [2.05, 4.69) is 65.8 Å². The number of nitrogens with one attached hydrogen (secondary N) is 1. The molecule has 0 atom stereocenters. The van der Waals surface area contributed by atoms with Crippen molar-refractivity contribution in [1.82, 2.24) is 20.2 Å². The maximum absolute atomic E-state index is 12.5. The van der Waals surface area contributed by atoms with Crippen molar-refractivity contribution in [2.45, 2.75) is 38.3 Å². The van der Waals surface area contributed by atoms with Gasteiger partial charge in [-0.1, -0.05) is 105 Å². The monoisotopic (exact) mass is 483 g/mol. The van der Waals surface area contributed by atoms with E-state index in [1.807, 2.05) is 72.2 Å². The first-order valence-electron chi connectivity index (χ1n) is 11.5. The lowest BCUT2D eigenvalue weighted by Gasteiger charge is -2.19. The second-order valence-corrected chi connectivity index (χ2v) is 10.1. The summed E-state index contributed by atoms with van der Waals surface area (Å²) in [5.41, 5.74) is 7.58. The Morgan fingerprint density at radius 3 is 2.17 bits per heavy atom. The van der Waals surface area contributed by atoms with Crippen LogP contribution in [0.15, 0.2) is 95.2 Å². The predicted octanol–water partition coefficient (Wildman–Crippen LogP) is 5.86. The van der Waals surface area contributed by atoms with E-state index in [-0.39, 0.29) is 17.1 Å². The van der Waals surface area contributed by atoms with Gasteiger partial charge in [-0.2, -0.15) is 5.10 Å². The summed E-state index contributed by atoms with van der Waals surface area (Å²) < 4.78 is 1.99. The average molecular weight is 484 g/mol. The number of nitrogens with zero attached hydrogens (tertiary/aromatic N) is 4. The normalized spacial score (nSPS) is 11.9. The molecule has 0 bridgehead atoms. The lowest BCUT2D eigenvalue weighted by Crippen LogP contribution is -2.21. The molecule has 35 heavy (non-hydrogen) atoms. The topological polar surface area (TPSA) is 72.2 Å². The van der Waals surface area contributed by atoms with Crippen molar-refractivity contribution in [2.24, 2.45) is 5.10 Å². The van der Waals surface area contributed by atoms with Crippen LogP contribution in [0.5, 0.6) is 0 Å². The summed E-state index contributed by atoms with van der Waals surface area (Å²) in [7, 11) is 0. The molecule has 7 heteroatoms. The highest BCUT2D eigenvalue weighted by molar-refractivity contribution is 7.99. The van der Waals surface area contributed by atoms with Gasteiger partial charge in [-0.05, 0) is 35.6 Å². The van der Waals surface area contributed by atoms with Crippen LogP contribution < -0.4 is 5.43 Å². The van der Waals surface area contributed by atoms with Crippen LogP contribution in [-0.2, 0) is 10.2 Å². The molecule has 0 aliphatic heterocycles. The molecule has 1 heterocycles. The van der Waals surface area contributed by atoms with Gasteiger partial charge in [-0.3, -0.25) is 9.36 Å². The highest BCUT2D eigenvalue weighted by Crippen LogP contribution is 2.30. The van der Waals surface area contributed by atoms with Crippen molar-refractivity contribution >= 4 is 23.4 Å². The van der Waals surface area contributed by atoms with E-state index in [4.69, 9.17) is 0 Å². The van der Waals surface area contributed by atoms with Gasteiger partial charge in [0.15, 0.2) is 11.0 Å². The molecular weight excluding hydrogens is 454 g/mol. The Balaban J connectivity index is 1.54. The smallest absolute Gasteiger partial charge is 0.250 e. The lowest BCUT2D eigenvalue weighted by molar-refractivity contribution is -0.118. The number of para-hydroxylation sites is 1. The Labute approximate surface area is 210 Å². The van der Waals surface area contributed by atoms with Gasteiger partial charge in [0.05, 0.1) is 11.5 Å². The van der Waals surface area contributed by atoms with Gasteiger partial charge in [-0.15, -0.1) is 10.2 Å². The number of thioether (sulfide) groups is 1. The summed E-state index contributed by atoms with van der Waals surface area (Å²) in [5.74, 6) is 0.695. The number of amides is 1. The minimum absolute atomic E-state index is 0.0708. The van der Waals surface area contributed by atoms with Crippen molar-refractivity contribution in [3.63, 3.8) is 0 Å². The molecule has 6 nitrogen and oxygen atoms in total. The summed E-state index contributed by atoms with van der Waals surface area (Å²) in [6.45, 7) is 8.45. The Hall–Kier alpha value is -3.71. The fourth-order valence-electron chi connectivity index (χ4n) is 3.53. The zero-order chi connectivity index (χ0) is 24.8. The number of carbonyl (C=O) groups excluding carboxylic acids is 1. The largest absolute Gasteiger partial charge is 0.272 e. The Bertz CT molecular complexity index is 1310. The standard InChI is InChI=1S/C28H29N5OS/c1-20(21-11-7-5-8-12-21)29-30-25(34)19-35-27-32-31-26(33(27)24-13-9-6-10-14-24)22-15-17-23(18-16-22)28(2,3)4/h5-18H,19H2,1-4H3,(H,30,34). The van der Waals surface area contributed by atoms with E-state index in [9.17, 15) is 4.79 Å². The molecule has 1 amide bonds. The van der Waals surface area contributed by atoms with Crippen LogP contribution in [0, 0.1) is 0 Å². The third-order valence-corrected chi connectivity index (χ3v) is 6.46. The molecule has 0 aliphatic rings. The molecule has 0 spiro atoms. The van der Waals surface area contributed by atoms with E-state index in [1.54, 1.807) is 0 Å². The molecule has 0 saturated carbocycles. The van der Waals surface area contributed by atoms with Gasteiger partial charge in [0, 0.05) is 11.3 Å². The molecule has 0 fully saturated rings. The quantitative estimate of drug-likeness (QED) is 0.203. The molecule has 1 N–H and O–H groups in total. The van der Waals surface area contributed by atoms with Gasteiger partial charge >= 0.3 is 0 Å². The van der Waals surface area contributed by atoms with Gasteiger partial charge in [0.2, 0.25) is 0 Å². The van der Waals surface area contributed by atoms with Crippen molar-refractivity contribution in [3.8, 4) is 17.1 Å². The molecule has 0 saturated heterocycles. The number of hydrogen-bond acceptors (Lipinski definition) is 5. The minimum atomic E-state index is -0.205. The predicted molar refractivity (Wildman–Crippen MR) is 143 cm³/mol. The zero-order valence-electron chi connectivity index (χ0n) is 20.4. The van der Waals surface area contributed by atoms with Crippen LogP contribution in [0.25, 0.3) is 17.1 Å². The first kappa shape index (κ1) is 24.4. The van der Waals surface area contributed by atoms with Crippen LogP contribution in [0.1, 0.15) is 38.8 Å². The van der Waals surface area contributed by atoms with Crippen molar-refractivity contribution < 1.29 is 4.79 Å². The molecule has 3 aromatic carbocycles. The Morgan fingerprint density at radius 1 is 0.914 bits per heavy atom. The maximum Gasteiger partial charge on any atom is 0.250 e. The number of hydrazone groups is 1. The number of carbonyl (C=O) groups is 1. The Morgan fingerprint density at radius 2 is 1.54 bits per heavy atom. The average Bonchev–Trinajstić information content (AvgIpc) is 3.30. The summed E-state index contributed by atoms with van der Waals surface area (Å²) in [4.78, 5) is 12.5. The van der Waals surface area contributed by atoms with E-state index in [0.29, 0.717) is 5.16 Å². The van der Waals surface area contributed by atoms with Crippen molar-refractivity contribution in [3.05, 3.63) is 96.1 Å². The van der Waals surface area contributed by atoms with Gasteiger partial charge in [-0.25, -0.2) is 5.43 Å².